The minimum absolute atomic E-state index is 0.819. The molecule has 2 heteroatoms. The monoisotopic (exact) mass is 168 g/mol. The maximum absolute atomic E-state index is 3.47. The summed E-state index contributed by atoms with van der Waals surface area (Å²) >= 11 is 0. The predicted octanol–water partition coefficient (Wildman–Crippen LogP) is 1.08. The number of hydrogen-bond donors (Lipinski definition) is 1. The topological polar surface area (TPSA) is 15.3 Å². The molecule has 0 bridgehead atoms. The van der Waals surface area contributed by atoms with Crippen LogP contribution in [-0.4, -0.2) is 37.1 Å². The number of nitrogens with zero attached hydrogens (tertiary/aromatic N) is 1. The summed E-state index contributed by atoms with van der Waals surface area (Å²) in [5, 5.41) is 3.47. The molecule has 0 spiro atoms. The Labute approximate surface area is 75.3 Å². The van der Waals surface area contributed by atoms with Crippen molar-refractivity contribution >= 4 is 0 Å². The predicted molar refractivity (Wildman–Crippen MR) is 51.2 cm³/mol. The maximum Gasteiger partial charge on any atom is 0.0218 e. The first-order valence-corrected chi connectivity index (χ1v) is 5.35. The van der Waals surface area contributed by atoms with Gasteiger partial charge in [0, 0.05) is 32.2 Å². The van der Waals surface area contributed by atoms with Crippen LogP contribution < -0.4 is 5.32 Å². The van der Waals surface area contributed by atoms with Gasteiger partial charge >= 0.3 is 0 Å². The molecule has 1 saturated heterocycles. The first kappa shape index (κ1) is 8.52. The Hall–Kier alpha value is -0.0800. The number of rotatable bonds is 3. The van der Waals surface area contributed by atoms with Crippen molar-refractivity contribution in [2.45, 2.75) is 32.2 Å². The Bertz CT molecular complexity index is 143. The molecular formula is C10H20N2. The van der Waals surface area contributed by atoms with Gasteiger partial charge in [0.15, 0.2) is 0 Å². The Balaban J connectivity index is 1.81. The standard InChI is InChI=1S/C10H20N2/c1-2-10-7-11-5-6-12(10)8-9-3-4-9/h9-11H,2-8H2,1H3/t10-/m1/s1. The fourth-order valence-electron chi connectivity index (χ4n) is 2.08. The second-order valence-electron chi connectivity index (χ2n) is 4.20. The third-order valence-corrected chi connectivity index (χ3v) is 3.13. The summed E-state index contributed by atoms with van der Waals surface area (Å²) in [6.45, 7) is 7.36. The molecule has 12 heavy (non-hydrogen) atoms. The van der Waals surface area contributed by atoms with Crippen molar-refractivity contribution < 1.29 is 0 Å². The van der Waals surface area contributed by atoms with Crippen molar-refractivity contribution in [3.05, 3.63) is 0 Å². The second-order valence-corrected chi connectivity index (χ2v) is 4.20. The molecule has 1 atom stereocenters. The lowest BCUT2D eigenvalue weighted by molar-refractivity contribution is 0.150. The zero-order valence-corrected chi connectivity index (χ0v) is 8.05. The van der Waals surface area contributed by atoms with Crippen molar-refractivity contribution in [2.75, 3.05) is 26.2 Å². The molecule has 2 nitrogen and oxygen atoms in total. The molecule has 0 unspecified atom stereocenters. The third kappa shape index (κ3) is 1.99. The van der Waals surface area contributed by atoms with Gasteiger partial charge in [-0.05, 0) is 25.2 Å². The van der Waals surface area contributed by atoms with Crippen molar-refractivity contribution in [3.8, 4) is 0 Å². The van der Waals surface area contributed by atoms with Crippen LogP contribution in [0.5, 0.6) is 0 Å². The van der Waals surface area contributed by atoms with Crippen LogP contribution >= 0.6 is 0 Å². The molecule has 0 radical (unpaired) electrons. The van der Waals surface area contributed by atoms with Gasteiger partial charge in [-0.2, -0.15) is 0 Å². The van der Waals surface area contributed by atoms with E-state index in [0.717, 1.165) is 12.0 Å². The molecule has 0 aromatic rings. The summed E-state index contributed by atoms with van der Waals surface area (Å²) in [6, 6.07) is 0.819. The quantitative estimate of drug-likeness (QED) is 0.678. The first-order chi connectivity index (χ1) is 5.90. The Morgan fingerprint density at radius 3 is 2.92 bits per heavy atom. The van der Waals surface area contributed by atoms with Crippen LogP contribution in [0, 0.1) is 5.92 Å². The van der Waals surface area contributed by atoms with E-state index in [1.165, 1.54) is 45.4 Å². The van der Waals surface area contributed by atoms with E-state index in [1.54, 1.807) is 0 Å². The summed E-state index contributed by atoms with van der Waals surface area (Å²) in [7, 11) is 0. The normalized spacial score (nSPS) is 32.2. The number of nitrogens with one attached hydrogen (secondary N) is 1. The largest absolute Gasteiger partial charge is 0.314 e. The molecule has 2 fully saturated rings. The molecular weight excluding hydrogens is 148 g/mol. The molecule has 2 rings (SSSR count). The van der Waals surface area contributed by atoms with Crippen LogP contribution in [0.1, 0.15) is 26.2 Å². The molecule has 1 heterocycles. The summed E-state index contributed by atoms with van der Waals surface area (Å²) in [5.74, 6) is 1.05. The van der Waals surface area contributed by atoms with E-state index in [4.69, 9.17) is 0 Å². The van der Waals surface area contributed by atoms with Gasteiger partial charge < -0.3 is 5.32 Å². The van der Waals surface area contributed by atoms with Crippen LogP contribution in [0.3, 0.4) is 0 Å². The van der Waals surface area contributed by atoms with Crippen molar-refractivity contribution in [1.82, 2.24) is 10.2 Å². The van der Waals surface area contributed by atoms with Gasteiger partial charge in [0.2, 0.25) is 0 Å². The van der Waals surface area contributed by atoms with Gasteiger partial charge in [0.05, 0.1) is 0 Å². The number of piperazine rings is 1. The van der Waals surface area contributed by atoms with E-state index in [0.29, 0.717) is 0 Å². The molecule has 0 aromatic carbocycles. The summed E-state index contributed by atoms with van der Waals surface area (Å²) in [5.41, 5.74) is 0. The van der Waals surface area contributed by atoms with Crippen molar-refractivity contribution in [2.24, 2.45) is 5.92 Å². The molecule has 1 saturated carbocycles. The van der Waals surface area contributed by atoms with Gasteiger partial charge in [0.1, 0.15) is 0 Å². The second kappa shape index (κ2) is 3.75. The Kier molecular flexibility index (Phi) is 2.66. The van der Waals surface area contributed by atoms with Gasteiger partial charge in [-0.25, -0.2) is 0 Å². The van der Waals surface area contributed by atoms with Crippen LogP contribution in [0.15, 0.2) is 0 Å². The van der Waals surface area contributed by atoms with Gasteiger partial charge in [-0.15, -0.1) is 0 Å². The zero-order valence-electron chi connectivity index (χ0n) is 8.05. The minimum atomic E-state index is 0.819. The highest BCUT2D eigenvalue weighted by molar-refractivity contribution is 4.84. The van der Waals surface area contributed by atoms with Crippen molar-refractivity contribution in [1.29, 1.82) is 0 Å². The molecule has 0 aromatic heterocycles. The van der Waals surface area contributed by atoms with Crippen LogP contribution in [0.4, 0.5) is 0 Å². The van der Waals surface area contributed by atoms with Gasteiger partial charge in [0.25, 0.3) is 0 Å². The molecule has 2 aliphatic rings. The SMILES string of the molecule is CC[C@@H]1CNCCN1CC1CC1. The molecule has 0 amide bonds. The highest BCUT2D eigenvalue weighted by Crippen LogP contribution is 2.30. The lowest BCUT2D eigenvalue weighted by Gasteiger charge is -2.35. The summed E-state index contributed by atoms with van der Waals surface area (Å²) in [4.78, 5) is 2.69. The Morgan fingerprint density at radius 2 is 2.25 bits per heavy atom. The van der Waals surface area contributed by atoms with Crippen LogP contribution in [0.25, 0.3) is 0 Å². The summed E-state index contributed by atoms with van der Waals surface area (Å²) in [6.07, 6.45) is 4.28. The van der Waals surface area contributed by atoms with E-state index in [9.17, 15) is 0 Å². The van der Waals surface area contributed by atoms with Crippen molar-refractivity contribution in [3.63, 3.8) is 0 Å². The summed E-state index contributed by atoms with van der Waals surface area (Å²) < 4.78 is 0. The Morgan fingerprint density at radius 1 is 1.42 bits per heavy atom. The first-order valence-electron chi connectivity index (χ1n) is 5.35. The average molecular weight is 168 g/mol. The fraction of sp³-hybridized carbons (Fsp3) is 1.00. The number of hydrogen-bond acceptors (Lipinski definition) is 2. The minimum Gasteiger partial charge on any atom is -0.314 e. The lowest BCUT2D eigenvalue weighted by atomic mass is 10.1. The average Bonchev–Trinajstić information content (AvgIpc) is 2.89. The molecule has 1 aliphatic heterocycles. The van der Waals surface area contributed by atoms with Crippen LogP contribution in [-0.2, 0) is 0 Å². The third-order valence-electron chi connectivity index (χ3n) is 3.13. The van der Waals surface area contributed by atoms with E-state index < -0.39 is 0 Å². The molecule has 1 N–H and O–H groups in total. The van der Waals surface area contributed by atoms with Gasteiger partial charge in [-0.1, -0.05) is 6.92 Å². The smallest absolute Gasteiger partial charge is 0.0218 e. The van der Waals surface area contributed by atoms with E-state index in [-0.39, 0.29) is 0 Å². The van der Waals surface area contributed by atoms with Gasteiger partial charge in [-0.3, -0.25) is 4.90 Å². The fourth-order valence-corrected chi connectivity index (χ4v) is 2.08. The zero-order chi connectivity index (χ0) is 8.39. The highest BCUT2D eigenvalue weighted by Gasteiger charge is 2.28. The molecule has 70 valence electrons. The lowest BCUT2D eigenvalue weighted by Crippen LogP contribution is -2.51. The highest BCUT2D eigenvalue weighted by atomic mass is 15.2. The van der Waals surface area contributed by atoms with E-state index in [1.807, 2.05) is 0 Å². The van der Waals surface area contributed by atoms with E-state index in [2.05, 4.69) is 17.1 Å². The van der Waals surface area contributed by atoms with Crippen LogP contribution in [0.2, 0.25) is 0 Å². The molecule has 1 aliphatic carbocycles. The van der Waals surface area contributed by atoms with E-state index >= 15 is 0 Å². The maximum atomic E-state index is 3.47.